The van der Waals surface area contributed by atoms with Crippen molar-refractivity contribution in [3.63, 3.8) is 0 Å². The SMILES string of the molecule is CCCCCC(C)NC(=O)C(c1cc(CCC)nc(-n2ccnc2)n1)N1CCCCC1. The van der Waals surface area contributed by atoms with Gasteiger partial charge in [0.15, 0.2) is 0 Å². The maximum absolute atomic E-state index is 13.5. The van der Waals surface area contributed by atoms with Gasteiger partial charge in [-0.3, -0.25) is 14.3 Å². The van der Waals surface area contributed by atoms with Crippen molar-refractivity contribution in [1.82, 2.24) is 29.7 Å². The van der Waals surface area contributed by atoms with E-state index in [4.69, 9.17) is 9.97 Å². The lowest BCUT2D eigenvalue weighted by atomic mass is 10.0. The van der Waals surface area contributed by atoms with Crippen molar-refractivity contribution in [2.24, 2.45) is 0 Å². The monoisotopic (exact) mass is 426 g/mol. The van der Waals surface area contributed by atoms with E-state index in [1.54, 1.807) is 12.5 Å². The number of carbonyl (C=O) groups excluding carboxylic acids is 1. The minimum atomic E-state index is -0.380. The molecule has 7 nitrogen and oxygen atoms in total. The lowest BCUT2D eigenvalue weighted by Gasteiger charge is -2.34. The molecule has 0 radical (unpaired) electrons. The molecule has 1 amide bonds. The minimum absolute atomic E-state index is 0.0589. The number of hydrogen-bond acceptors (Lipinski definition) is 5. The highest BCUT2D eigenvalue weighted by Gasteiger charge is 2.31. The molecule has 0 spiro atoms. The molecule has 3 heterocycles. The van der Waals surface area contributed by atoms with Crippen LogP contribution in [0, 0.1) is 0 Å². The second-order valence-electron chi connectivity index (χ2n) is 8.71. The fraction of sp³-hybridized carbons (Fsp3) is 0.667. The first-order valence-electron chi connectivity index (χ1n) is 12.0. The van der Waals surface area contributed by atoms with Gasteiger partial charge in [0.1, 0.15) is 12.4 Å². The summed E-state index contributed by atoms with van der Waals surface area (Å²) in [6.07, 6.45) is 15.2. The van der Waals surface area contributed by atoms with Crippen molar-refractivity contribution in [3.05, 3.63) is 36.2 Å². The van der Waals surface area contributed by atoms with Crippen molar-refractivity contribution in [1.29, 1.82) is 0 Å². The van der Waals surface area contributed by atoms with E-state index in [-0.39, 0.29) is 18.0 Å². The Hall–Kier alpha value is -2.28. The van der Waals surface area contributed by atoms with E-state index >= 15 is 0 Å². The van der Waals surface area contributed by atoms with Crippen LogP contribution in [0.25, 0.3) is 5.95 Å². The van der Waals surface area contributed by atoms with Gasteiger partial charge in [0.25, 0.3) is 0 Å². The lowest BCUT2D eigenvalue weighted by Crippen LogP contribution is -2.45. The zero-order valence-electron chi connectivity index (χ0n) is 19.4. The first-order valence-corrected chi connectivity index (χ1v) is 12.0. The molecule has 2 aromatic heterocycles. The highest BCUT2D eigenvalue weighted by atomic mass is 16.2. The normalized spacial score (nSPS) is 16.7. The molecular weight excluding hydrogens is 388 g/mol. The fourth-order valence-electron chi connectivity index (χ4n) is 4.28. The Bertz CT molecular complexity index is 800. The fourth-order valence-corrected chi connectivity index (χ4v) is 4.28. The summed E-state index contributed by atoms with van der Waals surface area (Å²) < 4.78 is 1.82. The summed E-state index contributed by atoms with van der Waals surface area (Å²) in [5, 5.41) is 3.28. The number of imidazole rings is 1. The molecule has 0 saturated carbocycles. The average molecular weight is 427 g/mol. The molecule has 1 aliphatic rings. The predicted octanol–water partition coefficient (Wildman–Crippen LogP) is 4.23. The lowest BCUT2D eigenvalue weighted by molar-refractivity contribution is -0.128. The molecule has 1 aliphatic heterocycles. The topological polar surface area (TPSA) is 75.9 Å². The second-order valence-corrected chi connectivity index (χ2v) is 8.71. The molecule has 1 N–H and O–H groups in total. The van der Waals surface area contributed by atoms with E-state index in [9.17, 15) is 4.79 Å². The standard InChI is InChI=1S/C24H38N6O/c1-4-6-8-12-19(3)26-23(31)22(29-14-9-7-10-15-29)21-17-20(11-5-2)27-24(28-21)30-16-13-25-18-30/h13,16-19,22H,4-12,14-15H2,1-3H3,(H,26,31). The Labute approximate surface area is 186 Å². The molecule has 2 unspecified atom stereocenters. The van der Waals surface area contributed by atoms with E-state index in [1.807, 2.05) is 16.8 Å². The third-order valence-corrected chi connectivity index (χ3v) is 5.94. The van der Waals surface area contributed by atoms with E-state index in [0.717, 1.165) is 63.0 Å². The molecule has 0 aromatic carbocycles. The Morgan fingerprint density at radius 3 is 2.61 bits per heavy atom. The van der Waals surface area contributed by atoms with Crippen LogP contribution in [-0.4, -0.2) is 49.5 Å². The maximum Gasteiger partial charge on any atom is 0.243 e. The van der Waals surface area contributed by atoms with Crippen molar-refractivity contribution >= 4 is 5.91 Å². The highest BCUT2D eigenvalue weighted by molar-refractivity contribution is 5.83. The van der Waals surface area contributed by atoms with Crippen LogP contribution in [0.1, 0.15) is 89.6 Å². The predicted molar refractivity (Wildman–Crippen MR) is 123 cm³/mol. The number of amides is 1. The van der Waals surface area contributed by atoms with Gasteiger partial charge in [0.2, 0.25) is 11.9 Å². The molecule has 2 atom stereocenters. The van der Waals surface area contributed by atoms with Crippen LogP contribution in [0.3, 0.4) is 0 Å². The molecular formula is C24H38N6O. The van der Waals surface area contributed by atoms with E-state index < -0.39 is 0 Å². The number of carbonyl (C=O) groups is 1. The molecule has 0 bridgehead atoms. The van der Waals surface area contributed by atoms with Crippen LogP contribution in [0.5, 0.6) is 0 Å². The summed E-state index contributed by atoms with van der Waals surface area (Å²) in [5.74, 6) is 0.646. The van der Waals surface area contributed by atoms with Gasteiger partial charge in [0.05, 0.1) is 5.69 Å². The highest BCUT2D eigenvalue weighted by Crippen LogP contribution is 2.25. The summed E-state index contributed by atoms with van der Waals surface area (Å²) in [6.45, 7) is 8.31. The molecule has 7 heteroatoms. The van der Waals surface area contributed by atoms with Crippen molar-refractivity contribution < 1.29 is 4.79 Å². The average Bonchev–Trinajstić information content (AvgIpc) is 3.30. The van der Waals surface area contributed by atoms with Gasteiger partial charge in [-0.15, -0.1) is 0 Å². The molecule has 2 aromatic rings. The number of aromatic nitrogens is 4. The molecule has 31 heavy (non-hydrogen) atoms. The molecule has 1 fully saturated rings. The second kappa shape index (κ2) is 11.9. The van der Waals surface area contributed by atoms with Gasteiger partial charge >= 0.3 is 0 Å². The molecule has 1 saturated heterocycles. The number of aryl methyl sites for hydroxylation is 1. The number of nitrogens with zero attached hydrogens (tertiary/aromatic N) is 5. The van der Waals surface area contributed by atoms with E-state index in [0.29, 0.717) is 5.95 Å². The number of rotatable bonds is 11. The summed E-state index contributed by atoms with van der Waals surface area (Å²) >= 11 is 0. The molecule has 3 rings (SSSR count). The Kier molecular flexibility index (Phi) is 9.00. The summed E-state index contributed by atoms with van der Waals surface area (Å²) in [7, 11) is 0. The Balaban J connectivity index is 1.90. The van der Waals surface area contributed by atoms with Crippen molar-refractivity contribution in [2.45, 2.75) is 90.6 Å². The summed E-state index contributed by atoms with van der Waals surface area (Å²) in [4.78, 5) is 29.5. The number of nitrogens with one attached hydrogen (secondary N) is 1. The first kappa shape index (κ1) is 23.4. The number of hydrogen-bond donors (Lipinski definition) is 1. The van der Waals surface area contributed by atoms with Gasteiger partial charge in [-0.05, 0) is 51.8 Å². The van der Waals surface area contributed by atoms with Gasteiger partial charge in [-0.25, -0.2) is 15.0 Å². The van der Waals surface area contributed by atoms with Gasteiger partial charge < -0.3 is 5.32 Å². The van der Waals surface area contributed by atoms with Crippen LogP contribution in [0.2, 0.25) is 0 Å². The zero-order chi connectivity index (χ0) is 22.1. The number of likely N-dealkylation sites (tertiary alicyclic amines) is 1. The largest absolute Gasteiger partial charge is 0.352 e. The van der Waals surface area contributed by atoms with Crippen LogP contribution in [0.4, 0.5) is 0 Å². The van der Waals surface area contributed by atoms with Crippen molar-refractivity contribution in [2.75, 3.05) is 13.1 Å². The molecule has 0 aliphatic carbocycles. The van der Waals surface area contributed by atoms with Crippen LogP contribution in [0.15, 0.2) is 24.8 Å². The number of unbranched alkanes of at least 4 members (excludes halogenated alkanes) is 2. The molecule has 170 valence electrons. The van der Waals surface area contributed by atoms with Crippen LogP contribution in [-0.2, 0) is 11.2 Å². The summed E-state index contributed by atoms with van der Waals surface area (Å²) in [5.41, 5.74) is 1.77. The van der Waals surface area contributed by atoms with E-state index in [2.05, 4.69) is 36.0 Å². The quantitative estimate of drug-likeness (QED) is 0.544. The van der Waals surface area contributed by atoms with Crippen LogP contribution < -0.4 is 5.32 Å². The smallest absolute Gasteiger partial charge is 0.243 e. The zero-order valence-corrected chi connectivity index (χ0v) is 19.4. The summed E-state index contributed by atoms with van der Waals surface area (Å²) in [6, 6.07) is 1.82. The van der Waals surface area contributed by atoms with Gasteiger partial charge in [-0.1, -0.05) is 46.0 Å². The maximum atomic E-state index is 13.5. The Morgan fingerprint density at radius 2 is 1.94 bits per heavy atom. The van der Waals surface area contributed by atoms with E-state index in [1.165, 1.54) is 19.3 Å². The third-order valence-electron chi connectivity index (χ3n) is 5.94. The van der Waals surface area contributed by atoms with Crippen molar-refractivity contribution in [3.8, 4) is 5.95 Å². The van der Waals surface area contributed by atoms with Crippen LogP contribution >= 0.6 is 0 Å². The van der Waals surface area contributed by atoms with Gasteiger partial charge in [-0.2, -0.15) is 0 Å². The first-order chi connectivity index (χ1) is 15.1. The minimum Gasteiger partial charge on any atom is -0.352 e. The Morgan fingerprint density at radius 1 is 1.13 bits per heavy atom. The number of piperidine rings is 1. The third kappa shape index (κ3) is 6.60. The van der Waals surface area contributed by atoms with Gasteiger partial charge in [0, 0.05) is 24.1 Å².